The van der Waals surface area contributed by atoms with Crippen molar-refractivity contribution in [2.45, 2.75) is 106 Å². The van der Waals surface area contributed by atoms with Crippen LogP contribution in [0.1, 0.15) is 82.1 Å². The van der Waals surface area contributed by atoms with Gasteiger partial charge in [0.1, 0.15) is 17.6 Å². The number of hydrogen-bond donors (Lipinski definition) is 2. The molecule has 6 heteroatoms. The average Bonchev–Trinajstić information content (AvgIpc) is 3.51. The fourth-order valence-electron chi connectivity index (χ4n) is 2.16. The predicted molar refractivity (Wildman–Crippen MR) is 123 cm³/mol. The van der Waals surface area contributed by atoms with Gasteiger partial charge >= 0.3 is 0 Å². The fraction of sp³-hybridized carbons (Fsp3) is 0.750. The highest BCUT2D eigenvalue weighted by molar-refractivity contribution is 5.11. The Kier molecular flexibility index (Phi) is 19.2. The number of aliphatic hydroxyl groups is 2. The highest BCUT2D eigenvalue weighted by Gasteiger charge is 2.46. The molecule has 1 saturated carbocycles. The van der Waals surface area contributed by atoms with Gasteiger partial charge in [-0.05, 0) is 65.7 Å². The maximum absolute atomic E-state index is 12.8. The minimum atomic E-state index is -3.35. The zero-order chi connectivity index (χ0) is 24.5. The predicted octanol–water partition coefficient (Wildman–Crippen LogP) is 6.64. The van der Waals surface area contributed by atoms with Gasteiger partial charge in [0, 0.05) is 5.41 Å². The summed E-state index contributed by atoms with van der Waals surface area (Å²) in [5.74, 6) is -2.75. The molecule has 0 aromatic rings. The van der Waals surface area contributed by atoms with E-state index in [0.29, 0.717) is 6.08 Å². The molecule has 0 bridgehead atoms. The van der Waals surface area contributed by atoms with Crippen molar-refractivity contribution in [3.63, 3.8) is 0 Å². The number of halogens is 2. The molecule has 2 unspecified atom stereocenters. The van der Waals surface area contributed by atoms with Crippen LogP contribution in [-0.2, 0) is 9.47 Å². The van der Waals surface area contributed by atoms with Gasteiger partial charge in [0.05, 0.1) is 12.7 Å². The third kappa shape index (κ3) is 12.3. The van der Waals surface area contributed by atoms with Crippen LogP contribution in [0.25, 0.3) is 0 Å². The third-order valence-electron chi connectivity index (χ3n) is 4.13. The van der Waals surface area contributed by atoms with Gasteiger partial charge in [0.25, 0.3) is 5.92 Å². The summed E-state index contributed by atoms with van der Waals surface area (Å²) in [4.78, 5) is 0. The molecule has 1 fully saturated rings. The summed E-state index contributed by atoms with van der Waals surface area (Å²) < 4.78 is 36.0. The first kappa shape index (κ1) is 33.2. The second kappa shape index (κ2) is 17.3. The average molecular weight is 437 g/mol. The maximum Gasteiger partial charge on any atom is 0.298 e. The van der Waals surface area contributed by atoms with Crippen LogP contribution in [0.4, 0.5) is 8.78 Å². The molecule has 0 amide bonds. The summed E-state index contributed by atoms with van der Waals surface area (Å²) in [7, 11) is 0. The molecule has 30 heavy (non-hydrogen) atoms. The van der Waals surface area contributed by atoms with Gasteiger partial charge in [-0.1, -0.05) is 41.2 Å². The standard InChI is InChI=1S/C11H20O2.C9H14F2O2.2C2H6/c1-5-9(13-8(2)3)10(12)11(4)6-7-11;1-4-7(13-6-3)8(12)9(10,11)5-2;2*1-2/h5,8,10,12H,6-7H2,1-4H3;4-5,8,12H,2,6H2,1,3H3;2*1-2H3/b9-5-;7-4-;;. The van der Waals surface area contributed by atoms with Crippen molar-refractivity contribution < 1.29 is 28.5 Å². The normalized spacial score (nSPS) is 17.0. The molecule has 4 nitrogen and oxygen atoms in total. The van der Waals surface area contributed by atoms with Gasteiger partial charge in [-0.15, -0.1) is 0 Å². The van der Waals surface area contributed by atoms with Crippen molar-refractivity contribution in [3.05, 3.63) is 36.3 Å². The van der Waals surface area contributed by atoms with Crippen LogP contribution in [0.3, 0.4) is 0 Å². The Morgan fingerprint density at radius 1 is 1.07 bits per heavy atom. The monoisotopic (exact) mass is 436 g/mol. The molecule has 0 aliphatic heterocycles. The lowest BCUT2D eigenvalue weighted by Gasteiger charge is -2.23. The molecule has 2 N–H and O–H groups in total. The minimum absolute atomic E-state index is 0.0801. The Hall–Kier alpha value is -1.40. The summed E-state index contributed by atoms with van der Waals surface area (Å²) in [5, 5.41) is 19.1. The molecule has 180 valence electrons. The van der Waals surface area contributed by atoms with Crippen LogP contribution in [0, 0.1) is 5.41 Å². The molecular formula is C24H46F2O4. The molecular weight excluding hydrogens is 390 g/mol. The van der Waals surface area contributed by atoms with E-state index in [1.165, 1.54) is 13.0 Å². The van der Waals surface area contributed by atoms with Gasteiger partial charge < -0.3 is 19.7 Å². The molecule has 1 aliphatic carbocycles. The van der Waals surface area contributed by atoms with Crippen LogP contribution in [-0.4, -0.2) is 41.1 Å². The largest absolute Gasteiger partial charge is 0.496 e. The van der Waals surface area contributed by atoms with Crippen LogP contribution in [0.2, 0.25) is 0 Å². The Morgan fingerprint density at radius 3 is 1.77 bits per heavy atom. The first-order valence-corrected chi connectivity index (χ1v) is 11.0. The third-order valence-corrected chi connectivity index (χ3v) is 4.13. The summed E-state index contributed by atoms with van der Waals surface area (Å²) in [6.45, 7) is 22.3. The van der Waals surface area contributed by atoms with Gasteiger partial charge in [0.15, 0.2) is 6.10 Å². The maximum atomic E-state index is 12.8. The van der Waals surface area contributed by atoms with Crippen molar-refractivity contribution in [1.82, 2.24) is 0 Å². The van der Waals surface area contributed by atoms with E-state index in [4.69, 9.17) is 14.6 Å². The van der Waals surface area contributed by atoms with Crippen molar-refractivity contribution in [3.8, 4) is 0 Å². The summed E-state index contributed by atoms with van der Waals surface area (Å²) in [6, 6.07) is 0. The summed E-state index contributed by atoms with van der Waals surface area (Å²) >= 11 is 0. The van der Waals surface area contributed by atoms with E-state index in [-0.39, 0.29) is 23.9 Å². The summed E-state index contributed by atoms with van der Waals surface area (Å²) in [6.07, 6.45) is 3.57. The number of hydrogen-bond acceptors (Lipinski definition) is 4. The molecule has 2 atom stereocenters. The molecule has 0 aromatic heterocycles. The molecule has 0 aromatic carbocycles. The Morgan fingerprint density at radius 2 is 1.50 bits per heavy atom. The zero-order valence-corrected chi connectivity index (χ0v) is 20.8. The number of ether oxygens (including phenoxy) is 2. The Labute approximate surface area is 183 Å². The molecule has 1 rings (SSSR count). The van der Waals surface area contributed by atoms with Gasteiger partial charge in [0.2, 0.25) is 0 Å². The van der Waals surface area contributed by atoms with E-state index >= 15 is 0 Å². The van der Waals surface area contributed by atoms with E-state index in [2.05, 4.69) is 13.5 Å². The Bertz CT molecular complexity index is 495. The second-order valence-electron chi connectivity index (χ2n) is 6.82. The highest BCUT2D eigenvalue weighted by Crippen LogP contribution is 2.50. The fourth-order valence-corrected chi connectivity index (χ4v) is 2.16. The van der Waals surface area contributed by atoms with Crippen molar-refractivity contribution in [2.24, 2.45) is 5.41 Å². The lowest BCUT2D eigenvalue weighted by Crippen LogP contribution is -2.33. The van der Waals surface area contributed by atoms with E-state index in [1.54, 1.807) is 6.92 Å². The summed E-state index contributed by atoms with van der Waals surface area (Å²) in [5.41, 5.74) is 0.0801. The van der Waals surface area contributed by atoms with E-state index in [9.17, 15) is 13.9 Å². The molecule has 0 spiro atoms. The van der Waals surface area contributed by atoms with E-state index < -0.39 is 18.1 Å². The minimum Gasteiger partial charge on any atom is -0.496 e. The van der Waals surface area contributed by atoms with Gasteiger partial charge in [-0.3, -0.25) is 0 Å². The lowest BCUT2D eigenvalue weighted by atomic mass is 10.00. The number of allylic oxidation sites excluding steroid dienone is 2. The number of alkyl halides is 2. The van der Waals surface area contributed by atoms with Crippen LogP contribution >= 0.6 is 0 Å². The lowest BCUT2D eigenvalue weighted by molar-refractivity contribution is -0.0731. The first-order valence-electron chi connectivity index (χ1n) is 11.0. The molecule has 1 aliphatic rings. The van der Waals surface area contributed by atoms with E-state index in [1.807, 2.05) is 54.5 Å². The quantitative estimate of drug-likeness (QED) is 0.314. The molecule has 0 saturated heterocycles. The topological polar surface area (TPSA) is 58.9 Å². The zero-order valence-electron chi connectivity index (χ0n) is 20.8. The first-order chi connectivity index (χ1) is 14.0. The van der Waals surface area contributed by atoms with Crippen LogP contribution in [0.15, 0.2) is 36.3 Å². The van der Waals surface area contributed by atoms with Crippen molar-refractivity contribution in [1.29, 1.82) is 0 Å². The molecule has 0 heterocycles. The van der Waals surface area contributed by atoms with Crippen molar-refractivity contribution in [2.75, 3.05) is 6.61 Å². The second-order valence-corrected chi connectivity index (χ2v) is 6.82. The number of rotatable bonds is 9. The Balaban J connectivity index is -0.000000416. The van der Waals surface area contributed by atoms with Gasteiger partial charge in [-0.25, -0.2) is 0 Å². The smallest absolute Gasteiger partial charge is 0.298 e. The number of aliphatic hydroxyl groups excluding tert-OH is 2. The van der Waals surface area contributed by atoms with Crippen LogP contribution in [0.5, 0.6) is 0 Å². The highest BCUT2D eigenvalue weighted by atomic mass is 19.3. The van der Waals surface area contributed by atoms with Crippen molar-refractivity contribution >= 4 is 0 Å². The van der Waals surface area contributed by atoms with E-state index in [0.717, 1.165) is 18.6 Å². The molecule has 0 radical (unpaired) electrons. The van der Waals surface area contributed by atoms with Crippen LogP contribution < -0.4 is 0 Å². The SMILES string of the molecule is C/C=C(\OC(C)C)C(O)C1(C)CC1.C=CC(F)(F)C(O)/C(=C/C)OCC.CC.CC. The van der Waals surface area contributed by atoms with Gasteiger partial charge in [-0.2, -0.15) is 8.78 Å².